The molecule has 0 bridgehead atoms. The largest absolute Gasteiger partial charge is 0.481 e. The average molecular weight is 268 g/mol. The van der Waals surface area contributed by atoms with Crippen molar-refractivity contribution < 1.29 is 19.2 Å². The second kappa shape index (κ2) is 5.25. The van der Waals surface area contributed by atoms with Crippen molar-refractivity contribution in [2.75, 3.05) is 0 Å². The van der Waals surface area contributed by atoms with Crippen molar-refractivity contribution in [2.24, 2.45) is 5.41 Å². The molecule has 1 aromatic heterocycles. The summed E-state index contributed by atoms with van der Waals surface area (Å²) in [4.78, 5) is 26.7. The number of carbonyl (C=O) groups excluding carboxylic acids is 1. The zero-order valence-electron chi connectivity index (χ0n) is 10.5. The van der Waals surface area contributed by atoms with Gasteiger partial charge in [-0.3, -0.25) is 4.79 Å². The minimum absolute atomic E-state index is 0.138. The van der Waals surface area contributed by atoms with E-state index in [0.717, 1.165) is 6.42 Å². The highest BCUT2D eigenvalue weighted by Gasteiger charge is 2.45. The Morgan fingerprint density at radius 2 is 2.42 bits per heavy atom. The fraction of sp³-hybridized carbons (Fsp3) is 0.636. The van der Waals surface area contributed by atoms with Crippen LogP contribution in [-0.2, 0) is 11.3 Å². The summed E-state index contributed by atoms with van der Waals surface area (Å²) < 4.78 is 4.53. The van der Waals surface area contributed by atoms with Gasteiger partial charge in [0, 0.05) is 6.04 Å². The third-order valence-corrected chi connectivity index (χ3v) is 3.57. The molecule has 0 aromatic carbocycles. The van der Waals surface area contributed by atoms with E-state index in [2.05, 4.69) is 25.3 Å². The first-order valence-electron chi connectivity index (χ1n) is 6.05. The molecule has 0 aliphatic heterocycles. The van der Waals surface area contributed by atoms with Crippen LogP contribution in [0, 0.1) is 5.41 Å². The first-order valence-corrected chi connectivity index (χ1v) is 6.05. The molecular formula is C11H16N4O4. The Morgan fingerprint density at radius 3 is 3.05 bits per heavy atom. The van der Waals surface area contributed by atoms with Crippen molar-refractivity contribution in [3.05, 3.63) is 12.2 Å². The minimum atomic E-state index is -0.899. The van der Waals surface area contributed by atoms with Gasteiger partial charge in [0.2, 0.25) is 6.39 Å². The summed E-state index contributed by atoms with van der Waals surface area (Å²) in [7, 11) is 0. The molecule has 1 aliphatic carbocycles. The Kier molecular flexibility index (Phi) is 3.68. The molecule has 2 atom stereocenters. The van der Waals surface area contributed by atoms with Crippen LogP contribution in [0.15, 0.2) is 10.9 Å². The second-order valence-corrected chi connectivity index (χ2v) is 4.84. The van der Waals surface area contributed by atoms with E-state index < -0.39 is 17.4 Å². The lowest BCUT2D eigenvalue weighted by Gasteiger charge is -2.27. The van der Waals surface area contributed by atoms with Crippen LogP contribution in [0.25, 0.3) is 0 Å². The van der Waals surface area contributed by atoms with E-state index in [1.165, 1.54) is 6.39 Å². The van der Waals surface area contributed by atoms with E-state index in [9.17, 15) is 14.7 Å². The summed E-state index contributed by atoms with van der Waals surface area (Å²) in [6, 6.07) is -0.792. The molecule has 2 amide bonds. The molecule has 1 fully saturated rings. The van der Waals surface area contributed by atoms with E-state index in [0.29, 0.717) is 18.7 Å². The highest BCUT2D eigenvalue weighted by molar-refractivity contribution is 5.79. The van der Waals surface area contributed by atoms with Crippen molar-refractivity contribution in [1.82, 2.24) is 20.8 Å². The quantitative estimate of drug-likeness (QED) is 0.732. The van der Waals surface area contributed by atoms with Crippen LogP contribution in [-0.4, -0.2) is 33.3 Å². The van der Waals surface area contributed by atoms with Gasteiger partial charge in [0.15, 0.2) is 5.82 Å². The zero-order valence-corrected chi connectivity index (χ0v) is 10.5. The number of aromatic nitrogens is 2. The van der Waals surface area contributed by atoms with Gasteiger partial charge in [-0.25, -0.2) is 4.79 Å². The SMILES string of the molecule is CC1(C(=O)O)CCCC1NC(=O)NCc1ncon1. The number of hydrogen-bond donors (Lipinski definition) is 3. The molecule has 2 rings (SSSR count). The number of rotatable bonds is 4. The fourth-order valence-corrected chi connectivity index (χ4v) is 2.29. The van der Waals surface area contributed by atoms with Crippen molar-refractivity contribution in [3.63, 3.8) is 0 Å². The Labute approximate surface area is 109 Å². The van der Waals surface area contributed by atoms with Crippen LogP contribution in [0.2, 0.25) is 0 Å². The number of nitrogens with one attached hydrogen (secondary N) is 2. The fourth-order valence-electron chi connectivity index (χ4n) is 2.29. The van der Waals surface area contributed by atoms with E-state index in [1.807, 2.05) is 0 Å². The molecule has 1 aromatic rings. The Balaban J connectivity index is 1.86. The van der Waals surface area contributed by atoms with Crippen molar-refractivity contribution >= 4 is 12.0 Å². The molecule has 1 saturated carbocycles. The van der Waals surface area contributed by atoms with Gasteiger partial charge in [-0.15, -0.1) is 0 Å². The van der Waals surface area contributed by atoms with Gasteiger partial charge in [-0.2, -0.15) is 4.98 Å². The lowest BCUT2D eigenvalue weighted by Crippen LogP contribution is -2.50. The van der Waals surface area contributed by atoms with Crippen LogP contribution in [0.3, 0.4) is 0 Å². The highest BCUT2D eigenvalue weighted by Crippen LogP contribution is 2.38. The first kappa shape index (κ1) is 13.3. The molecule has 1 aliphatic rings. The normalized spacial score (nSPS) is 26.1. The molecular weight excluding hydrogens is 252 g/mol. The van der Waals surface area contributed by atoms with Crippen molar-refractivity contribution in [3.8, 4) is 0 Å². The Hall–Kier alpha value is -2.12. The molecule has 0 radical (unpaired) electrons. The maximum Gasteiger partial charge on any atom is 0.315 e. The van der Waals surface area contributed by atoms with Crippen LogP contribution < -0.4 is 10.6 Å². The highest BCUT2D eigenvalue weighted by atomic mass is 16.5. The molecule has 8 heteroatoms. The topological polar surface area (TPSA) is 117 Å². The number of urea groups is 1. The second-order valence-electron chi connectivity index (χ2n) is 4.84. The Morgan fingerprint density at radius 1 is 1.63 bits per heavy atom. The van der Waals surface area contributed by atoms with Gasteiger partial charge in [-0.05, 0) is 19.8 Å². The number of nitrogens with zero attached hydrogens (tertiary/aromatic N) is 2. The van der Waals surface area contributed by atoms with E-state index in [1.54, 1.807) is 6.92 Å². The molecule has 2 unspecified atom stereocenters. The lowest BCUT2D eigenvalue weighted by atomic mass is 9.85. The van der Waals surface area contributed by atoms with Crippen molar-refractivity contribution in [2.45, 2.75) is 38.8 Å². The molecule has 1 heterocycles. The zero-order chi connectivity index (χ0) is 13.9. The minimum Gasteiger partial charge on any atom is -0.481 e. The van der Waals surface area contributed by atoms with E-state index in [4.69, 9.17) is 0 Å². The average Bonchev–Trinajstić information content (AvgIpc) is 2.98. The maximum absolute atomic E-state index is 11.7. The van der Waals surface area contributed by atoms with E-state index in [-0.39, 0.29) is 12.6 Å². The number of aliphatic carboxylic acids is 1. The molecule has 0 spiro atoms. The lowest BCUT2D eigenvalue weighted by molar-refractivity contribution is -0.148. The molecule has 104 valence electrons. The van der Waals surface area contributed by atoms with Gasteiger partial charge in [-0.1, -0.05) is 11.6 Å². The number of carboxylic acid groups (broad SMARTS) is 1. The molecule has 3 N–H and O–H groups in total. The standard InChI is InChI=1S/C11H16N4O4/c1-11(9(16)17)4-2-3-7(11)14-10(18)12-5-8-13-6-19-15-8/h6-7H,2-5H2,1H3,(H,16,17)(H2,12,14,18). The third kappa shape index (κ3) is 2.83. The van der Waals surface area contributed by atoms with Gasteiger partial charge in [0.1, 0.15) is 0 Å². The van der Waals surface area contributed by atoms with Crippen LogP contribution in [0.4, 0.5) is 4.79 Å². The van der Waals surface area contributed by atoms with E-state index >= 15 is 0 Å². The summed E-state index contributed by atoms with van der Waals surface area (Å²) in [5.41, 5.74) is -0.899. The smallest absolute Gasteiger partial charge is 0.315 e. The molecule has 0 saturated heterocycles. The number of carbonyl (C=O) groups is 2. The number of amides is 2. The Bertz CT molecular complexity index is 461. The van der Waals surface area contributed by atoms with Crippen molar-refractivity contribution in [1.29, 1.82) is 0 Å². The summed E-state index contributed by atoms with van der Waals surface area (Å²) in [5.74, 6) is -0.518. The van der Waals surface area contributed by atoms with Crippen LogP contribution >= 0.6 is 0 Å². The monoisotopic (exact) mass is 268 g/mol. The number of carboxylic acids is 1. The predicted molar refractivity (Wildman–Crippen MR) is 63.1 cm³/mol. The van der Waals surface area contributed by atoms with Gasteiger partial charge in [0.05, 0.1) is 12.0 Å². The third-order valence-electron chi connectivity index (χ3n) is 3.57. The summed E-state index contributed by atoms with van der Waals surface area (Å²) in [6.45, 7) is 1.80. The first-order chi connectivity index (χ1) is 9.02. The van der Waals surface area contributed by atoms with Gasteiger partial charge in [0.25, 0.3) is 0 Å². The summed E-state index contributed by atoms with van der Waals surface area (Å²) in [6.07, 6.45) is 3.20. The van der Waals surface area contributed by atoms with Crippen LogP contribution in [0.1, 0.15) is 32.0 Å². The van der Waals surface area contributed by atoms with Crippen LogP contribution in [0.5, 0.6) is 0 Å². The van der Waals surface area contributed by atoms with Gasteiger partial charge >= 0.3 is 12.0 Å². The predicted octanol–water partition coefficient (Wildman–Crippen LogP) is 0.512. The van der Waals surface area contributed by atoms with Gasteiger partial charge < -0.3 is 20.3 Å². The molecule has 8 nitrogen and oxygen atoms in total. The summed E-state index contributed by atoms with van der Waals surface area (Å²) in [5, 5.41) is 18.0. The summed E-state index contributed by atoms with van der Waals surface area (Å²) >= 11 is 0. The maximum atomic E-state index is 11.7. The molecule has 19 heavy (non-hydrogen) atoms. The number of hydrogen-bond acceptors (Lipinski definition) is 5.